The fourth-order valence-electron chi connectivity index (χ4n) is 2.88. The Morgan fingerprint density at radius 2 is 2.12 bits per heavy atom. The van der Waals surface area contributed by atoms with Crippen molar-refractivity contribution in [1.82, 2.24) is 10.3 Å². The highest BCUT2D eigenvalue weighted by molar-refractivity contribution is 5.67. The van der Waals surface area contributed by atoms with E-state index in [4.69, 9.17) is 9.47 Å². The number of nitrogens with zero attached hydrogens (tertiary/aromatic N) is 1. The van der Waals surface area contributed by atoms with Gasteiger partial charge < -0.3 is 14.8 Å². The molecule has 2 aromatic rings. The maximum absolute atomic E-state index is 11.9. The molecule has 24 heavy (non-hydrogen) atoms. The molecule has 0 aliphatic carbocycles. The summed E-state index contributed by atoms with van der Waals surface area (Å²) in [6, 6.07) is 13.4. The SMILES string of the molecule is CC[C@@H]1C[C@@H](CNC(=O)OCc2ccccc2)c2ncccc2O1. The van der Waals surface area contributed by atoms with E-state index < -0.39 is 6.09 Å². The number of pyridine rings is 1. The molecule has 0 unspecified atom stereocenters. The summed E-state index contributed by atoms with van der Waals surface area (Å²) < 4.78 is 11.2. The summed E-state index contributed by atoms with van der Waals surface area (Å²) in [5.41, 5.74) is 1.88. The predicted octanol–water partition coefficient (Wildman–Crippen LogP) is 3.65. The number of nitrogens with one attached hydrogen (secondary N) is 1. The number of rotatable bonds is 5. The van der Waals surface area contributed by atoms with Crippen molar-refractivity contribution in [2.24, 2.45) is 0 Å². The molecule has 5 heteroatoms. The second kappa shape index (κ2) is 7.81. The van der Waals surface area contributed by atoms with Crippen LogP contribution in [-0.4, -0.2) is 23.7 Å². The van der Waals surface area contributed by atoms with Gasteiger partial charge in [-0.1, -0.05) is 37.3 Å². The van der Waals surface area contributed by atoms with Crippen molar-refractivity contribution in [3.8, 4) is 5.75 Å². The van der Waals surface area contributed by atoms with Crippen molar-refractivity contribution in [3.05, 3.63) is 59.9 Å². The average Bonchev–Trinajstić information content (AvgIpc) is 2.65. The zero-order chi connectivity index (χ0) is 16.8. The van der Waals surface area contributed by atoms with E-state index in [9.17, 15) is 4.79 Å². The van der Waals surface area contributed by atoms with Gasteiger partial charge in [-0.15, -0.1) is 0 Å². The fraction of sp³-hybridized carbons (Fsp3) is 0.368. The second-order valence-electron chi connectivity index (χ2n) is 5.91. The Morgan fingerprint density at radius 1 is 1.29 bits per heavy atom. The van der Waals surface area contributed by atoms with Crippen LogP contribution in [0.4, 0.5) is 4.79 Å². The summed E-state index contributed by atoms with van der Waals surface area (Å²) in [6.45, 7) is 2.87. The van der Waals surface area contributed by atoms with Crippen LogP contribution in [0.2, 0.25) is 0 Å². The van der Waals surface area contributed by atoms with Gasteiger partial charge in [-0.25, -0.2) is 4.79 Å². The van der Waals surface area contributed by atoms with E-state index in [2.05, 4.69) is 17.2 Å². The van der Waals surface area contributed by atoms with Crippen molar-refractivity contribution < 1.29 is 14.3 Å². The molecule has 0 spiro atoms. The van der Waals surface area contributed by atoms with Crippen LogP contribution >= 0.6 is 0 Å². The molecular weight excluding hydrogens is 304 g/mol. The molecule has 2 heterocycles. The zero-order valence-electron chi connectivity index (χ0n) is 13.8. The molecular formula is C19H22N2O3. The fourth-order valence-corrected chi connectivity index (χ4v) is 2.88. The molecule has 1 aliphatic rings. The van der Waals surface area contributed by atoms with Crippen LogP contribution < -0.4 is 10.1 Å². The van der Waals surface area contributed by atoms with E-state index in [0.717, 1.165) is 29.8 Å². The van der Waals surface area contributed by atoms with E-state index in [-0.39, 0.29) is 18.6 Å². The minimum Gasteiger partial charge on any atom is -0.488 e. The molecule has 2 atom stereocenters. The summed E-state index contributed by atoms with van der Waals surface area (Å²) in [6.07, 6.45) is 3.29. The Morgan fingerprint density at radius 3 is 2.92 bits per heavy atom. The minimum absolute atomic E-state index is 0.143. The molecule has 0 radical (unpaired) electrons. The number of amides is 1. The lowest BCUT2D eigenvalue weighted by molar-refractivity contribution is 0.131. The number of hydrogen-bond donors (Lipinski definition) is 1. The third-order valence-corrected chi connectivity index (χ3v) is 4.19. The van der Waals surface area contributed by atoms with Gasteiger partial charge in [0.1, 0.15) is 12.4 Å². The van der Waals surface area contributed by atoms with Gasteiger partial charge in [0.2, 0.25) is 0 Å². The first-order valence-corrected chi connectivity index (χ1v) is 8.32. The lowest BCUT2D eigenvalue weighted by atomic mass is 9.93. The van der Waals surface area contributed by atoms with Gasteiger partial charge in [0.25, 0.3) is 0 Å². The van der Waals surface area contributed by atoms with Gasteiger partial charge in [0, 0.05) is 18.7 Å². The van der Waals surface area contributed by atoms with Crippen LogP contribution in [0.3, 0.4) is 0 Å². The Labute approximate surface area is 142 Å². The van der Waals surface area contributed by atoms with Crippen LogP contribution in [0.5, 0.6) is 5.75 Å². The van der Waals surface area contributed by atoms with Gasteiger partial charge >= 0.3 is 6.09 Å². The molecule has 0 bridgehead atoms. The van der Waals surface area contributed by atoms with Crippen molar-refractivity contribution in [2.75, 3.05) is 6.54 Å². The van der Waals surface area contributed by atoms with E-state index in [0.29, 0.717) is 6.54 Å². The van der Waals surface area contributed by atoms with Crippen LogP contribution in [0.15, 0.2) is 48.7 Å². The highest BCUT2D eigenvalue weighted by atomic mass is 16.5. The third-order valence-electron chi connectivity index (χ3n) is 4.19. The van der Waals surface area contributed by atoms with Crippen molar-refractivity contribution in [1.29, 1.82) is 0 Å². The van der Waals surface area contributed by atoms with Crippen LogP contribution in [0.25, 0.3) is 0 Å². The molecule has 0 saturated carbocycles. The highest BCUT2D eigenvalue weighted by Gasteiger charge is 2.28. The summed E-state index contributed by atoms with van der Waals surface area (Å²) in [4.78, 5) is 16.4. The summed E-state index contributed by atoms with van der Waals surface area (Å²) >= 11 is 0. The Bertz CT molecular complexity index is 675. The predicted molar refractivity (Wildman–Crippen MR) is 90.9 cm³/mol. The molecule has 1 amide bonds. The standard InChI is InChI=1S/C19H22N2O3/c1-2-16-11-15(18-17(24-16)9-6-10-20-18)12-21-19(22)23-13-14-7-4-3-5-8-14/h3-10,15-16H,2,11-13H2,1H3,(H,21,22)/t15-,16+/m0/s1. The molecule has 0 saturated heterocycles. The second-order valence-corrected chi connectivity index (χ2v) is 5.91. The van der Waals surface area contributed by atoms with Crippen molar-refractivity contribution >= 4 is 6.09 Å². The lowest BCUT2D eigenvalue weighted by Gasteiger charge is -2.30. The maximum Gasteiger partial charge on any atom is 0.407 e. The Balaban J connectivity index is 1.54. The molecule has 1 aliphatic heterocycles. The molecule has 1 aromatic carbocycles. The first kappa shape index (κ1) is 16.3. The topological polar surface area (TPSA) is 60.5 Å². The van der Waals surface area contributed by atoms with E-state index in [1.165, 1.54) is 0 Å². The van der Waals surface area contributed by atoms with Gasteiger partial charge in [-0.2, -0.15) is 0 Å². The normalized spacial score (nSPS) is 19.0. The molecule has 1 N–H and O–H groups in total. The molecule has 0 fully saturated rings. The molecule has 1 aromatic heterocycles. The maximum atomic E-state index is 11.9. The number of carbonyl (C=O) groups excluding carboxylic acids is 1. The van der Waals surface area contributed by atoms with Crippen molar-refractivity contribution in [2.45, 2.75) is 38.4 Å². The van der Waals surface area contributed by atoms with Crippen LogP contribution in [0, 0.1) is 0 Å². The minimum atomic E-state index is -0.407. The smallest absolute Gasteiger partial charge is 0.407 e. The van der Waals surface area contributed by atoms with E-state index >= 15 is 0 Å². The highest BCUT2D eigenvalue weighted by Crippen LogP contribution is 2.34. The Kier molecular flexibility index (Phi) is 5.31. The first-order valence-electron chi connectivity index (χ1n) is 8.32. The van der Waals surface area contributed by atoms with Crippen molar-refractivity contribution in [3.63, 3.8) is 0 Å². The summed E-state index contributed by atoms with van der Waals surface area (Å²) in [5, 5.41) is 2.85. The molecule has 3 rings (SSSR count). The number of ether oxygens (including phenoxy) is 2. The van der Waals surface area contributed by atoms with Crippen LogP contribution in [0.1, 0.15) is 36.9 Å². The number of benzene rings is 1. The number of carbonyl (C=O) groups is 1. The van der Waals surface area contributed by atoms with Gasteiger partial charge in [0.05, 0.1) is 11.8 Å². The monoisotopic (exact) mass is 326 g/mol. The first-order chi connectivity index (χ1) is 11.8. The molecule has 126 valence electrons. The number of hydrogen-bond acceptors (Lipinski definition) is 4. The number of fused-ring (bicyclic) bond motifs is 1. The zero-order valence-corrected chi connectivity index (χ0v) is 13.8. The molecule has 5 nitrogen and oxygen atoms in total. The van der Waals surface area contributed by atoms with Crippen LogP contribution in [-0.2, 0) is 11.3 Å². The lowest BCUT2D eigenvalue weighted by Crippen LogP contribution is -2.34. The average molecular weight is 326 g/mol. The van der Waals surface area contributed by atoms with Gasteiger partial charge in [0.15, 0.2) is 0 Å². The quantitative estimate of drug-likeness (QED) is 0.911. The third kappa shape index (κ3) is 4.04. The van der Waals surface area contributed by atoms with Gasteiger partial charge in [-0.05, 0) is 30.5 Å². The largest absolute Gasteiger partial charge is 0.488 e. The summed E-state index contributed by atoms with van der Waals surface area (Å²) in [5.74, 6) is 0.962. The Hall–Kier alpha value is -2.56. The number of alkyl carbamates (subject to hydrolysis) is 1. The summed E-state index contributed by atoms with van der Waals surface area (Å²) in [7, 11) is 0. The number of aromatic nitrogens is 1. The van der Waals surface area contributed by atoms with E-state index in [1.807, 2.05) is 42.5 Å². The van der Waals surface area contributed by atoms with E-state index in [1.54, 1.807) is 6.20 Å². The van der Waals surface area contributed by atoms with Gasteiger partial charge in [-0.3, -0.25) is 4.98 Å².